The van der Waals surface area contributed by atoms with Crippen molar-refractivity contribution in [1.29, 1.82) is 0 Å². The number of nitrogens with one attached hydrogen (secondary N) is 2. The van der Waals surface area contributed by atoms with Crippen LogP contribution in [0, 0.1) is 6.92 Å². The van der Waals surface area contributed by atoms with Crippen LogP contribution in [-0.2, 0) is 6.54 Å². The van der Waals surface area contributed by atoms with E-state index >= 15 is 0 Å². The molecule has 1 fully saturated rings. The Morgan fingerprint density at radius 1 is 1.20 bits per heavy atom. The van der Waals surface area contributed by atoms with Gasteiger partial charge in [-0.25, -0.2) is 0 Å². The third kappa shape index (κ3) is 2.90. The molecule has 0 saturated carbocycles. The summed E-state index contributed by atoms with van der Waals surface area (Å²) in [6.45, 7) is 13.7. The van der Waals surface area contributed by atoms with Gasteiger partial charge in [0.2, 0.25) is 0 Å². The lowest BCUT2D eigenvalue weighted by atomic mass is 9.93. The number of hydrogen-bond donors (Lipinski definition) is 3. The summed E-state index contributed by atoms with van der Waals surface area (Å²) in [5, 5.41) is 2.50. The summed E-state index contributed by atoms with van der Waals surface area (Å²) in [4.78, 5) is 3.64. The van der Waals surface area contributed by atoms with Gasteiger partial charge >= 0.3 is 0 Å². The van der Waals surface area contributed by atoms with Crippen molar-refractivity contribution in [3.63, 3.8) is 0 Å². The molecule has 0 bridgehead atoms. The number of aryl methyl sites for hydroxylation is 1. The maximum absolute atomic E-state index is 2.50. The molecule has 20 heavy (non-hydrogen) atoms. The van der Waals surface area contributed by atoms with Gasteiger partial charge in [-0.1, -0.05) is 24.6 Å². The molecule has 2 heterocycles. The van der Waals surface area contributed by atoms with Crippen molar-refractivity contribution >= 4 is 0 Å². The fraction of sp³-hybridized carbons (Fsp3) is 0.647. The van der Waals surface area contributed by atoms with Crippen LogP contribution in [0.5, 0.6) is 0 Å². The quantitative estimate of drug-likeness (QED) is 0.587. The van der Waals surface area contributed by atoms with Gasteiger partial charge in [0.15, 0.2) is 6.04 Å². The van der Waals surface area contributed by atoms with E-state index in [9.17, 15) is 0 Å². The molecule has 110 valence electrons. The SMILES string of the molecule is CCC[NH+]1CC[NH+]([C@H]2C[NH2+]Cc3cc(C)ccc32)CC1. The molecule has 0 radical (unpaired) electrons. The maximum Gasteiger partial charge on any atom is 0.163 e. The lowest BCUT2D eigenvalue weighted by molar-refractivity contribution is -1.03. The number of fused-ring (bicyclic) bond motifs is 1. The minimum Gasteiger partial charge on any atom is -0.337 e. The second-order valence-electron chi connectivity index (χ2n) is 6.64. The molecule has 1 atom stereocenters. The van der Waals surface area contributed by atoms with Gasteiger partial charge in [0, 0.05) is 11.1 Å². The molecule has 0 amide bonds. The summed E-state index contributed by atoms with van der Waals surface area (Å²) in [5.74, 6) is 0. The number of nitrogens with two attached hydrogens (primary N) is 1. The lowest BCUT2D eigenvalue weighted by Gasteiger charge is -2.36. The van der Waals surface area contributed by atoms with Crippen LogP contribution in [0.4, 0.5) is 0 Å². The molecule has 2 aliphatic heterocycles. The minimum absolute atomic E-state index is 0.725. The van der Waals surface area contributed by atoms with E-state index in [1.54, 1.807) is 11.1 Å². The Kier molecular flexibility index (Phi) is 4.39. The lowest BCUT2D eigenvalue weighted by Crippen LogP contribution is -3.29. The highest BCUT2D eigenvalue weighted by molar-refractivity contribution is 5.33. The Hall–Kier alpha value is -0.900. The predicted molar refractivity (Wildman–Crippen MR) is 81.0 cm³/mol. The third-order valence-corrected chi connectivity index (χ3v) is 5.14. The van der Waals surface area contributed by atoms with Gasteiger partial charge in [-0.3, -0.25) is 0 Å². The Balaban J connectivity index is 1.70. The zero-order chi connectivity index (χ0) is 13.9. The van der Waals surface area contributed by atoms with E-state index in [0.717, 1.165) is 6.04 Å². The Morgan fingerprint density at radius 3 is 2.75 bits per heavy atom. The maximum atomic E-state index is 2.50. The molecule has 1 saturated heterocycles. The fourth-order valence-electron chi connectivity index (χ4n) is 4.05. The average molecular weight is 276 g/mol. The van der Waals surface area contributed by atoms with Crippen LogP contribution in [0.25, 0.3) is 0 Å². The molecule has 1 aromatic rings. The summed E-state index contributed by atoms with van der Waals surface area (Å²) < 4.78 is 0. The van der Waals surface area contributed by atoms with E-state index in [1.165, 1.54) is 57.8 Å². The van der Waals surface area contributed by atoms with Gasteiger partial charge in [-0.15, -0.1) is 0 Å². The van der Waals surface area contributed by atoms with Crippen LogP contribution >= 0.6 is 0 Å². The zero-order valence-corrected chi connectivity index (χ0v) is 13.0. The molecule has 3 nitrogen and oxygen atoms in total. The highest BCUT2D eigenvalue weighted by Gasteiger charge is 2.34. The number of rotatable bonds is 3. The highest BCUT2D eigenvalue weighted by Crippen LogP contribution is 2.18. The number of piperazine rings is 1. The summed E-state index contributed by atoms with van der Waals surface area (Å²) in [6, 6.07) is 7.83. The average Bonchev–Trinajstić information content (AvgIpc) is 2.47. The van der Waals surface area contributed by atoms with Crippen molar-refractivity contribution in [1.82, 2.24) is 0 Å². The van der Waals surface area contributed by atoms with Gasteiger partial charge in [-0.2, -0.15) is 0 Å². The molecule has 0 aliphatic carbocycles. The first-order chi connectivity index (χ1) is 9.78. The standard InChI is InChI=1S/C17H27N3/c1-3-6-19-7-9-20(10-8-19)17-13-18-12-15-11-14(2)4-5-16(15)17/h4-5,11,17-18H,3,6-10,12-13H2,1-2H3/p+3/t17-/m0/s1. The summed E-state index contributed by atoms with van der Waals surface area (Å²) in [7, 11) is 0. The van der Waals surface area contributed by atoms with Crippen molar-refractivity contribution in [3.05, 3.63) is 34.9 Å². The van der Waals surface area contributed by atoms with E-state index in [2.05, 4.69) is 37.4 Å². The summed E-state index contributed by atoms with van der Waals surface area (Å²) in [6.07, 6.45) is 1.32. The van der Waals surface area contributed by atoms with E-state index < -0.39 is 0 Å². The molecule has 3 rings (SSSR count). The second-order valence-corrected chi connectivity index (χ2v) is 6.64. The fourth-order valence-corrected chi connectivity index (χ4v) is 4.05. The van der Waals surface area contributed by atoms with E-state index in [4.69, 9.17) is 0 Å². The van der Waals surface area contributed by atoms with Gasteiger partial charge in [0.25, 0.3) is 0 Å². The van der Waals surface area contributed by atoms with Crippen LogP contribution in [-0.4, -0.2) is 39.3 Å². The summed E-state index contributed by atoms with van der Waals surface area (Å²) in [5.41, 5.74) is 4.62. The van der Waals surface area contributed by atoms with Crippen molar-refractivity contribution in [2.75, 3.05) is 39.3 Å². The third-order valence-electron chi connectivity index (χ3n) is 5.14. The second kappa shape index (κ2) is 6.25. The zero-order valence-electron chi connectivity index (χ0n) is 13.0. The van der Waals surface area contributed by atoms with Gasteiger partial charge < -0.3 is 15.1 Å². The first-order valence-electron chi connectivity index (χ1n) is 8.37. The number of hydrogen-bond acceptors (Lipinski definition) is 0. The van der Waals surface area contributed by atoms with Gasteiger partial charge in [-0.05, 0) is 19.4 Å². The van der Waals surface area contributed by atoms with Crippen molar-refractivity contribution in [2.24, 2.45) is 0 Å². The molecule has 0 unspecified atom stereocenters. The van der Waals surface area contributed by atoms with Crippen LogP contribution < -0.4 is 15.1 Å². The molecule has 1 aromatic carbocycles. The normalized spacial score (nSPS) is 30.0. The van der Waals surface area contributed by atoms with Gasteiger partial charge in [0.05, 0.1) is 6.54 Å². The van der Waals surface area contributed by atoms with Crippen molar-refractivity contribution in [2.45, 2.75) is 32.9 Å². The van der Waals surface area contributed by atoms with Crippen LogP contribution in [0.2, 0.25) is 0 Å². The largest absolute Gasteiger partial charge is 0.337 e. The molecular weight excluding hydrogens is 246 g/mol. The van der Waals surface area contributed by atoms with E-state index in [0.29, 0.717) is 0 Å². The van der Waals surface area contributed by atoms with E-state index in [1.807, 2.05) is 9.80 Å². The van der Waals surface area contributed by atoms with Crippen LogP contribution in [0.15, 0.2) is 18.2 Å². The predicted octanol–water partition coefficient (Wildman–Crippen LogP) is -1.69. The van der Waals surface area contributed by atoms with Crippen LogP contribution in [0.3, 0.4) is 0 Å². The topological polar surface area (TPSA) is 25.5 Å². The Labute approximate surface area is 123 Å². The number of benzene rings is 1. The molecule has 0 aromatic heterocycles. The smallest absolute Gasteiger partial charge is 0.163 e. The molecule has 3 heteroatoms. The van der Waals surface area contributed by atoms with Crippen molar-refractivity contribution in [3.8, 4) is 0 Å². The Bertz CT molecular complexity index is 450. The highest BCUT2D eigenvalue weighted by atomic mass is 15.3. The molecule has 0 spiro atoms. The van der Waals surface area contributed by atoms with Crippen molar-refractivity contribution < 1.29 is 15.1 Å². The van der Waals surface area contributed by atoms with Gasteiger partial charge in [0.1, 0.15) is 39.3 Å². The first kappa shape index (κ1) is 14.1. The summed E-state index contributed by atoms with van der Waals surface area (Å²) >= 11 is 0. The number of quaternary nitrogens is 3. The molecule has 2 aliphatic rings. The minimum atomic E-state index is 0.725. The molecule has 4 N–H and O–H groups in total. The van der Waals surface area contributed by atoms with E-state index in [-0.39, 0.29) is 0 Å². The molecular formula is C17H30N3+3. The van der Waals surface area contributed by atoms with Crippen LogP contribution in [0.1, 0.15) is 36.1 Å². The first-order valence-corrected chi connectivity index (χ1v) is 8.37. The monoisotopic (exact) mass is 276 g/mol. The Morgan fingerprint density at radius 2 is 2.00 bits per heavy atom.